The van der Waals surface area contributed by atoms with Crippen LogP contribution in [0.5, 0.6) is 57.5 Å². The van der Waals surface area contributed by atoms with Crippen molar-refractivity contribution in [1.29, 1.82) is 0 Å². The molecule has 0 fully saturated rings. The molecule has 0 saturated carbocycles. The molecule has 0 aliphatic heterocycles. The largest absolute Gasteiger partial charge is 0.513 e. The Morgan fingerprint density at radius 2 is 0.340 bits per heavy atom. The Balaban J connectivity index is 0.000000178. The van der Waals surface area contributed by atoms with Crippen LogP contribution in [-0.4, -0.2) is 60.1 Å². The third kappa shape index (κ3) is 41.4. The van der Waals surface area contributed by atoms with Gasteiger partial charge < -0.3 is 68.9 Å². The van der Waals surface area contributed by atoms with Crippen molar-refractivity contribution in [2.24, 2.45) is 0 Å². The van der Waals surface area contributed by atoms with Crippen molar-refractivity contribution < 1.29 is 116 Å². The molecule has 30 nitrogen and oxygen atoms in total. The minimum absolute atomic E-state index is 0.0981. The van der Waals surface area contributed by atoms with E-state index in [-0.39, 0.29) is 54.6 Å². The summed E-state index contributed by atoms with van der Waals surface area (Å²) >= 11 is 12.3. The van der Waals surface area contributed by atoms with Gasteiger partial charge in [0.1, 0.15) is 121 Å². The quantitative estimate of drug-likeness (QED) is 0.0134. The lowest BCUT2D eigenvalue weighted by Gasteiger charge is -2.23. The Hall–Kier alpha value is -14.8. The maximum Gasteiger partial charge on any atom is 0.513 e. The molecule has 0 saturated heterocycles. The molecule has 0 aliphatic rings. The molecule has 10 atom stereocenters. The lowest BCUT2D eigenvalue weighted by Crippen LogP contribution is -2.35. The van der Waals surface area contributed by atoms with E-state index >= 15 is 0 Å². The van der Waals surface area contributed by atoms with Gasteiger partial charge in [-0.1, -0.05) is 343 Å². The number of para-hydroxylation sites is 7. The van der Waals surface area contributed by atoms with Gasteiger partial charge in [0.05, 0.1) is 10.0 Å². The van der Waals surface area contributed by atoms with Gasteiger partial charge in [0.25, 0.3) is 0 Å². The predicted molar refractivity (Wildman–Crippen MR) is 577 cm³/mol. The molecule has 0 heterocycles. The summed E-state index contributed by atoms with van der Waals surface area (Å²) in [6, 6.07) is 119. The van der Waals surface area contributed by atoms with Gasteiger partial charge in [-0.15, -0.1) is 0 Å². The third-order valence-corrected chi connectivity index (χ3v) is 29.0. The van der Waals surface area contributed by atoms with Gasteiger partial charge in [-0.2, -0.15) is 25.4 Å². The number of rotatable bonds is 45. The lowest BCUT2D eigenvalue weighted by molar-refractivity contribution is -0.147. The Kier molecular flexibility index (Phi) is 45.7. The summed E-state index contributed by atoms with van der Waals surface area (Å²) in [5, 5.41) is 13.8. The summed E-state index contributed by atoms with van der Waals surface area (Å²) in [6.45, 7) is 14.0. The van der Waals surface area contributed by atoms with Gasteiger partial charge in [0, 0.05) is 0 Å². The van der Waals surface area contributed by atoms with Crippen LogP contribution in [0.3, 0.4) is 0 Å². The number of esters is 5. The second-order valence-corrected chi connectivity index (χ2v) is 41.9. The minimum Gasteiger partial charge on any atom is -0.460 e. The smallest absolute Gasteiger partial charge is 0.460 e. The van der Waals surface area contributed by atoms with E-state index < -0.39 is 98.8 Å². The second kappa shape index (κ2) is 59.4. The maximum atomic E-state index is 13.5. The van der Waals surface area contributed by atoms with Crippen molar-refractivity contribution in [3.05, 3.63) is 479 Å². The zero-order valence-corrected chi connectivity index (χ0v) is 89.0. The molecule has 37 heteroatoms. The van der Waals surface area contributed by atoms with E-state index in [4.69, 9.17) is 92.1 Å². The molecule has 0 aliphatic carbocycles. The molecule has 5 N–H and O–H groups in total. The van der Waals surface area contributed by atoms with E-state index in [1.807, 2.05) is 227 Å². The first kappa shape index (κ1) is 115. The van der Waals surface area contributed by atoms with Crippen molar-refractivity contribution in [1.82, 2.24) is 25.4 Å². The highest BCUT2D eigenvalue weighted by Crippen LogP contribution is 2.52. The first-order valence-electron chi connectivity index (χ1n) is 47.0. The number of nitrogens with one attached hydrogen (secondary N) is 5. The highest BCUT2D eigenvalue weighted by atomic mass is 35.5. The average Bonchev–Trinajstić information content (AvgIpc) is 0.797. The number of benzene rings is 15. The number of halogens is 2. The summed E-state index contributed by atoms with van der Waals surface area (Å²) in [5.74, 6) is 0.182. The number of aryl methyl sites for hydroxylation is 3. The van der Waals surface area contributed by atoms with Gasteiger partial charge in [-0.25, -0.2) is 22.8 Å². The molecule has 2 unspecified atom stereocenters. The monoisotopic (exact) mass is 2170 g/mol. The van der Waals surface area contributed by atoms with Gasteiger partial charge in [-0.05, 0) is 205 Å². The molecule has 0 amide bonds. The van der Waals surface area contributed by atoms with E-state index in [9.17, 15) is 46.8 Å². The number of carbonyl (C=O) groups is 5. The van der Waals surface area contributed by atoms with E-state index in [1.54, 1.807) is 239 Å². The summed E-state index contributed by atoms with van der Waals surface area (Å²) in [7, 11) is -19.9. The maximum absolute atomic E-state index is 13.5. The van der Waals surface area contributed by atoms with Gasteiger partial charge in [0.2, 0.25) is 0 Å². The Morgan fingerprint density at radius 3 is 0.507 bits per heavy atom. The zero-order valence-electron chi connectivity index (χ0n) is 83.0. The standard InChI is InChI=1S/3C23H24NO5P.2C22H21ClNO5P/c3*1-18-13-15-22(16-14-18)29-30(26,28-21-11-7-4-8-12-21)24-19(2)23(25)27-17-20-9-5-3-6-10-20;2*1-17(22(25)27-16-18-10-4-2-5-11-18)24-30(26,28-19-12-6-3-7-13-19)29-21-15-9-8-14-20(21)23/h3*3-16,19H,17H2,1-2H3,(H,24,26);2*2-15,17H,16H2,1H3,(H,24,26)/t19-,30?;19-,30+;19-,30-;17-,30?;17-,30-/m00000/s1. The molecule has 780 valence electrons. The van der Waals surface area contributed by atoms with Crippen LogP contribution in [0.2, 0.25) is 10.0 Å². The number of ether oxygens (including phenoxy) is 5. The average molecular weight is 2170 g/mol. The first-order chi connectivity index (χ1) is 72.2. The van der Waals surface area contributed by atoms with Crippen LogP contribution < -0.4 is 70.7 Å². The molecular formula is C113H114Cl2N5O25P5. The van der Waals surface area contributed by atoms with Crippen molar-refractivity contribution in [3.8, 4) is 57.5 Å². The van der Waals surface area contributed by atoms with Crippen LogP contribution in [-0.2, 0) is 104 Å². The molecule has 0 bridgehead atoms. The number of hydrogen-bond acceptors (Lipinski definition) is 25. The van der Waals surface area contributed by atoms with Gasteiger partial charge in [0.15, 0.2) is 0 Å². The fourth-order valence-electron chi connectivity index (χ4n) is 12.7. The molecule has 150 heavy (non-hydrogen) atoms. The Bertz CT molecular complexity index is 6390. The third-order valence-electron chi connectivity index (χ3n) is 20.3. The summed E-state index contributed by atoms with van der Waals surface area (Å²) < 4.78 is 150. The highest BCUT2D eigenvalue weighted by molar-refractivity contribution is 7.53. The van der Waals surface area contributed by atoms with Crippen LogP contribution in [0.1, 0.15) is 79.1 Å². The first-order valence-corrected chi connectivity index (χ1v) is 55.5. The molecule has 15 aromatic carbocycles. The van der Waals surface area contributed by atoms with Gasteiger partial charge in [-0.3, -0.25) is 24.0 Å². The fraction of sp³-hybridized carbons (Fsp3) is 0.159. The van der Waals surface area contributed by atoms with E-state index in [1.165, 1.54) is 13.8 Å². The number of hydrogen-bond donors (Lipinski definition) is 5. The lowest BCUT2D eigenvalue weighted by atomic mass is 10.2. The SMILES string of the molecule is C[C@H](NP(=O)(Oc1ccccc1)Oc1ccccc1Cl)C(=O)OCc1ccccc1.C[C@H](N[P@](=O)(Oc1ccccc1)Oc1ccccc1Cl)C(=O)OCc1ccccc1.Cc1ccc(OP(=O)(N[C@@H](C)C(=O)OCc2ccccc2)Oc2ccccc2)cc1.Cc1ccc(O[P@@](=O)(N[C@@H](C)C(=O)OCc2ccccc2)Oc2ccccc2)cc1.Cc1ccc(O[P@](=O)(N[C@@H](C)C(=O)OCc2ccccc2)Oc2ccccc2)cc1. The fourth-order valence-corrected chi connectivity index (χ4v) is 20.8. The Morgan fingerprint density at radius 1 is 0.200 bits per heavy atom. The minimum atomic E-state index is -4.03. The van der Waals surface area contributed by atoms with Crippen molar-refractivity contribution in [2.75, 3.05) is 0 Å². The molecular weight excluding hydrogens is 2050 g/mol. The van der Waals surface area contributed by atoms with E-state index in [2.05, 4.69) is 25.4 Å². The molecule has 15 rings (SSSR count). The zero-order chi connectivity index (χ0) is 107. The summed E-state index contributed by atoms with van der Waals surface area (Å²) in [5.41, 5.74) is 7.36. The number of carbonyl (C=O) groups excluding carboxylic acids is 5. The van der Waals surface area contributed by atoms with Crippen LogP contribution in [0.15, 0.2) is 425 Å². The van der Waals surface area contributed by atoms with Crippen LogP contribution >= 0.6 is 61.9 Å². The molecule has 0 spiro atoms. The topological polar surface area (TPSA) is 369 Å². The Labute approximate surface area is 882 Å². The molecule has 0 aromatic heterocycles. The summed E-state index contributed by atoms with van der Waals surface area (Å²) in [4.78, 5) is 62.1. The van der Waals surface area contributed by atoms with Crippen LogP contribution in [0, 0.1) is 20.8 Å². The molecule has 0 radical (unpaired) electrons. The van der Waals surface area contributed by atoms with E-state index in [0.29, 0.717) is 46.0 Å². The van der Waals surface area contributed by atoms with Crippen LogP contribution in [0.4, 0.5) is 0 Å². The highest BCUT2D eigenvalue weighted by Gasteiger charge is 2.40. The van der Waals surface area contributed by atoms with E-state index in [0.717, 1.165) is 44.5 Å². The predicted octanol–water partition coefficient (Wildman–Crippen LogP) is 27.1. The van der Waals surface area contributed by atoms with Crippen molar-refractivity contribution in [3.63, 3.8) is 0 Å². The van der Waals surface area contributed by atoms with Gasteiger partial charge >= 0.3 is 68.6 Å². The van der Waals surface area contributed by atoms with Crippen molar-refractivity contribution >= 4 is 91.8 Å². The van der Waals surface area contributed by atoms with Crippen LogP contribution in [0.25, 0.3) is 0 Å². The normalized spacial score (nSPS) is 13.7. The second-order valence-electron chi connectivity index (χ2n) is 33.0. The summed E-state index contributed by atoms with van der Waals surface area (Å²) in [6.07, 6.45) is 0. The van der Waals surface area contributed by atoms with Crippen molar-refractivity contribution in [2.45, 2.75) is 119 Å². The molecule has 15 aromatic rings.